The largest absolute Gasteiger partial charge is 2.00 e. The van der Waals surface area contributed by atoms with E-state index in [4.69, 9.17) is 60.3 Å². The summed E-state index contributed by atoms with van der Waals surface area (Å²) in [5, 5.41) is 38.5. The van der Waals surface area contributed by atoms with Crippen LogP contribution in [0.1, 0.15) is 10.4 Å². The molecular weight excluding hydrogens is 752 g/mol. The zero-order valence-electron chi connectivity index (χ0n) is 27.2. The maximum absolute atomic E-state index is 10.3. The number of aromatic carboxylic acids is 1. The molecule has 5 aromatic carbocycles. The van der Waals surface area contributed by atoms with Gasteiger partial charge in [0.1, 0.15) is 0 Å². The first kappa shape index (κ1) is 33.4. The normalized spacial score (nSPS) is 11.2. The number of carbonyl (C=O) groups is 1. The average molecular weight is 774 g/mol. The molecule has 252 valence electrons. The van der Waals surface area contributed by atoms with Crippen molar-refractivity contribution in [3.05, 3.63) is 115 Å². The van der Waals surface area contributed by atoms with Gasteiger partial charge in [0.25, 0.3) is 0 Å². The molecule has 0 unspecified atom stereocenters. The van der Waals surface area contributed by atoms with E-state index in [-0.39, 0.29) is 31.8 Å². The van der Waals surface area contributed by atoms with Gasteiger partial charge >= 0.3 is 32.2 Å². The van der Waals surface area contributed by atoms with E-state index in [9.17, 15) is 4.79 Å². The molecule has 0 fully saturated rings. The Hall–Kier alpha value is -6.79. The molecule has 0 aliphatic carbocycles. The molecule has 0 radical (unpaired) electrons. The second-order valence-corrected chi connectivity index (χ2v) is 11.8. The van der Waals surface area contributed by atoms with Crippen molar-refractivity contribution in [3.63, 3.8) is 0 Å². The van der Waals surface area contributed by atoms with Gasteiger partial charge in [-0.3, -0.25) is 0 Å². The number of benzene rings is 5. The van der Waals surface area contributed by atoms with Crippen molar-refractivity contribution in [3.8, 4) is 62.8 Å². The minimum absolute atomic E-state index is 0. The number of aromatic nitrogens is 8. The third kappa shape index (κ3) is 5.75. The van der Waals surface area contributed by atoms with Gasteiger partial charge in [-0.2, -0.15) is 0 Å². The van der Waals surface area contributed by atoms with E-state index in [1.54, 1.807) is 0 Å². The Morgan fingerprint density at radius 3 is 1.02 bits per heavy atom. The number of aromatic hydroxyl groups is 3. The number of phenolic OH excluding ortho intramolecular Hbond substituents is 3. The summed E-state index contributed by atoms with van der Waals surface area (Å²) < 4.78 is 0. The fourth-order valence-corrected chi connectivity index (χ4v) is 6.19. The Labute approximate surface area is 317 Å². The molecule has 2 aliphatic heterocycles. The first-order chi connectivity index (χ1) is 25.3. The minimum Gasteiger partial charge on any atom is -0.504 e. The van der Waals surface area contributed by atoms with Crippen LogP contribution in [0.5, 0.6) is 17.2 Å². The summed E-state index contributed by atoms with van der Waals surface area (Å²) in [6.07, 6.45) is 0. The predicted molar refractivity (Wildman–Crippen MR) is 192 cm³/mol. The molecule has 0 spiro atoms. The van der Waals surface area contributed by atoms with Crippen molar-refractivity contribution in [2.24, 2.45) is 0 Å². The van der Waals surface area contributed by atoms with Gasteiger partial charge in [0, 0.05) is 44.8 Å². The standard InChI is InChI=1S/C32H16N8.C7H6O5.Zr/c1-2-10-18-17(9-1)25-33-26(18)38-28-21-13-5-6-14-22(21)30(35-28)40-32-24-16-8-7-15-23(24)31(36-32)39-29-20-12-4-3-11-19(20)27(34-29)37-25;8-4-1-3(7(11)12)2-5(9)6(4)10;/h1-16H;1-2,8-10H,(H,11,12);/q-2;;+2. The number of phenols is 3. The van der Waals surface area contributed by atoms with Crippen molar-refractivity contribution in [1.82, 2.24) is 39.9 Å². The molecule has 8 aromatic rings. The van der Waals surface area contributed by atoms with E-state index < -0.39 is 23.2 Å². The van der Waals surface area contributed by atoms with Gasteiger partial charge in [-0.1, -0.05) is 97.1 Å². The molecule has 10 rings (SSSR count). The summed E-state index contributed by atoms with van der Waals surface area (Å²) in [6.45, 7) is 0. The van der Waals surface area contributed by atoms with Gasteiger partial charge in [-0.25, -0.2) is 14.8 Å². The van der Waals surface area contributed by atoms with Crippen LogP contribution in [0.3, 0.4) is 0 Å². The van der Waals surface area contributed by atoms with Gasteiger partial charge < -0.3 is 50.3 Å². The van der Waals surface area contributed by atoms with E-state index in [0.29, 0.717) is 45.9 Å². The van der Waals surface area contributed by atoms with E-state index in [0.717, 1.165) is 55.9 Å². The summed E-state index contributed by atoms with van der Waals surface area (Å²) in [5.74, 6) is -1.12. The van der Waals surface area contributed by atoms with Gasteiger partial charge in [0.2, 0.25) is 0 Å². The molecular formula is C39H22N8O5Zr. The van der Waals surface area contributed by atoms with E-state index in [2.05, 4.69) is 0 Å². The Balaban J connectivity index is 0.000000266. The Bertz CT molecular complexity index is 2620. The quantitative estimate of drug-likeness (QED) is 0.130. The maximum Gasteiger partial charge on any atom is 2.00 e. The summed E-state index contributed by atoms with van der Waals surface area (Å²) in [7, 11) is 0. The fourth-order valence-electron chi connectivity index (χ4n) is 6.19. The summed E-state index contributed by atoms with van der Waals surface area (Å²) >= 11 is 0. The summed E-state index contributed by atoms with van der Waals surface area (Å²) in [5.41, 5.74) is 5.49. The molecule has 2 aliphatic rings. The number of carboxylic acid groups (broad SMARTS) is 1. The van der Waals surface area contributed by atoms with Crippen molar-refractivity contribution in [2.45, 2.75) is 0 Å². The van der Waals surface area contributed by atoms with Crippen LogP contribution in [0, 0.1) is 0 Å². The first-order valence-electron chi connectivity index (χ1n) is 15.9. The van der Waals surface area contributed by atoms with Crippen molar-refractivity contribution < 1.29 is 51.4 Å². The molecule has 8 bridgehead atoms. The SMILES string of the molecule is O=C(O)c1cc(O)c(O)c(O)c1.[Zr+2].c1ccc2c(c1)-c1nc-2nc2[n-]c(nc3nc(nc4[n-]c(n1)c1ccccc41)-c1ccccc1-3)c1ccccc21. The van der Waals surface area contributed by atoms with Crippen molar-refractivity contribution in [2.75, 3.05) is 0 Å². The smallest absolute Gasteiger partial charge is 0.504 e. The number of hydrogen-bond acceptors (Lipinski definition) is 10. The van der Waals surface area contributed by atoms with Crippen molar-refractivity contribution >= 4 is 50.1 Å². The van der Waals surface area contributed by atoms with E-state index >= 15 is 0 Å². The molecule has 0 saturated heterocycles. The average Bonchev–Trinajstić information content (AvgIpc) is 3.90. The van der Waals surface area contributed by atoms with Gasteiger partial charge in [-0.15, -0.1) is 0 Å². The van der Waals surface area contributed by atoms with Crippen LogP contribution >= 0.6 is 0 Å². The zero-order chi connectivity index (χ0) is 35.5. The first-order valence-corrected chi connectivity index (χ1v) is 15.9. The number of carboxylic acids is 1. The van der Waals surface area contributed by atoms with E-state index in [1.165, 1.54) is 0 Å². The monoisotopic (exact) mass is 772 g/mol. The number of hydrogen-bond donors (Lipinski definition) is 4. The van der Waals surface area contributed by atoms with Crippen LogP contribution in [0.15, 0.2) is 109 Å². The second-order valence-electron chi connectivity index (χ2n) is 11.8. The second kappa shape index (κ2) is 13.1. The van der Waals surface area contributed by atoms with Gasteiger partial charge in [-0.05, 0) is 33.7 Å². The molecule has 0 atom stereocenters. The van der Waals surface area contributed by atoms with Crippen LogP contribution in [-0.2, 0) is 26.2 Å². The Morgan fingerprint density at radius 1 is 0.453 bits per heavy atom. The third-order valence-electron chi connectivity index (χ3n) is 8.65. The third-order valence-corrected chi connectivity index (χ3v) is 8.65. The number of fused-ring (bicyclic) bond motifs is 20. The molecule has 3 aromatic heterocycles. The Morgan fingerprint density at radius 2 is 0.736 bits per heavy atom. The zero-order valence-corrected chi connectivity index (χ0v) is 29.6. The summed E-state index contributed by atoms with van der Waals surface area (Å²) in [4.78, 5) is 49.6. The Kier molecular flexibility index (Phi) is 8.23. The van der Waals surface area contributed by atoms with Crippen LogP contribution in [0.2, 0.25) is 0 Å². The van der Waals surface area contributed by atoms with Crippen LogP contribution < -0.4 is 9.97 Å². The maximum atomic E-state index is 10.3. The van der Waals surface area contributed by atoms with Crippen LogP contribution in [0.4, 0.5) is 0 Å². The van der Waals surface area contributed by atoms with Crippen LogP contribution in [-0.4, -0.2) is 56.3 Å². The minimum atomic E-state index is -1.29. The van der Waals surface area contributed by atoms with Gasteiger partial charge in [0.15, 0.2) is 17.2 Å². The molecule has 4 N–H and O–H groups in total. The van der Waals surface area contributed by atoms with Crippen LogP contribution in [0.25, 0.3) is 89.7 Å². The molecule has 0 saturated carbocycles. The molecule has 5 heterocycles. The molecule has 0 amide bonds. The molecule has 13 nitrogen and oxygen atoms in total. The van der Waals surface area contributed by atoms with Gasteiger partial charge in [0.05, 0.1) is 28.9 Å². The predicted octanol–water partition coefficient (Wildman–Crippen LogP) is 6.63. The topological polar surface area (TPSA) is 204 Å². The molecule has 53 heavy (non-hydrogen) atoms. The summed E-state index contributed by atoms with van der Waals surface area (Å²) in [6, 6.07) is 33.5. The number of rotatable bonds is 1. The number of nitrogens with zero attached hydrogens (tertiary/aromatic N) is 8. The molecule has 14 heteroatoms. The fraction of sp³-hybridized carbons (Fsp3) is 0. The van der Waals surface area contributed by atoms with Crippen molar-refractivity contribution in [1.29, 1.82) is 0 Å². The van der Waals surface area contributed by atoms with E-state index in [1.807, 2.05) is 97.1 Å².